The summed E-state index contributed by atoms with van der Waals surface area (Å²) in [5.74, 6) is 0. The summed E-state index contributed by atoms with van der Waals surface area (Å²) in [5.41, 5.74) is 0. The third kappa shape index (κ3) is 2.71. The predicted octanol–water partition coefficient (Wildman–Crippen LogP) is 0.927. The number of hydrogen-bond donors (Lipinski definition) is 1. The van der Waals surface area contributed by atoms with Crippen molar-refractivity contribution in [2.24, 2.45) is 0 Å². The summed E-state index contributed by atoms with van der Waals surface area (Å²) in [4.78, 5) is 4.90. The SMILES string of the molecule is CN1CCN(C2CCCCC2)CC1CO. The van der Waals surface area contributed by atoms with E-state index in [9.17, 15) is 5.11 Å². The third-order valence-electron chi connectivity index (χ3n) is 4.11. The highest BCUT2D eigenvalue weighted by atomic mass is 16.3. The third-order valence-corrected chi connectivity index (χ3v) is 4.11. The molecule has 2 fully saturated rings. The van der Waals surface area contributed by atoms with Crippen LogP contribution >= 0.6 is 0 Å². The van der Waals surface area contributed by atoms with Crippen LogP contribution in [-0.2, 0) is 0 Å². The van der Waals surface area contributed by atoms with Crippen molar-refractivity contribution in [3.8, 4) is 0 Å². The molecule has 1 unspecified atom stereocenters. The van der Waals surface area contributed by atoms with Gasteiger partial charge in [-0.2, -0.15) is 0 Å². The van der Waals surface area contributed by atoms with Gasteiger partial charge in [-0.1, -0.05) is 19.3 Å². The number of piperazine rings is 1. The molecule has 1 saturated heterocycles. The first kappa shape index (κ1) is 11.4. The van der Waals surface area contributed by atoms with Crippen LogP contribution < -0.4 is 0 Å². The van der Waals surface area contributed by atoms with Crippen LogP contribution in [0.2, 0.25) is 0 Å². The van der Waals surface area contributed by atoms with Crippen molar-refractivity contribution in [3.05, 3.63) is 0 Å². The van der Waals surface area contributed by atoms with Gasteiger partial charge in [-0.15, -0.1) is 0 Å². The normalized spacial score (nSPS) is 32.0. The quantitative estimate of drug-likeness (QED) is 0.737. The van der Waals surface area contributed by atoms with Crippen molar-refractivity contribution < 1.29 is 5.11 Å². The van der Waals surface area contributed by atoms with Gasteiger partial charge in [-0.05, 0) is 19.9 Å². The highest BCUT2D eigenvalue weighted by molar-refractivity contribution is 4.85. The van der Waals surface area contributed by atoms with Gasteiger partial charge >= 0.3 is 0 Å². The van der Waals surface area contributed by atoms with E-state index in [0.29, 0.717) is 12.6 Å². The highest BCUT2D eigenvalue weighted by Crippen LogP contribution is 2.24. The lowest BCUT2D eigenvalue weighted by Gasteiger charge is -2.43. The maximum atomic E-state index is 9.31. The molecular weight excluding hydrogens is 188 g/mol. The molecule has 0 bridgehead atoms. The molecule has 1 aliphatic carbocycles. The number of aliphatic hydroxyl groups excluding tert-OH is 1. The number of likely N-dealkylation sites (N-methyl/N-ethyl adjacent to an activating group) is 1. The van der Waals surface area contributed by atoms with E-state index < -0.39 is 0 Å². The Hall–Kier alpha value is -0.120. The van der Waals surface area contributed by atoms with Gasteiger partial charge in [-0.25, -0.2) is 0 Å². The number of hydrogen-bond acceptors (Lipinski definition) is 3. The minimum absolute atomic E-state index is 0.305. The van der Waals surface area contributed by atoms with Crippen LogP contribution in [0.4, 0.5) is 0 Å². The van der Waals surface area contributed by atoms with Crippen LogP contribution in [0.15, 0.2) is 0 Å². The Bertz CT molecular complexity index is 192. The lowest BCUT2D eigenvalue weighted by molar-refractivity contribution is 0.0262. The average Bonchev–Trinajstić information content (AvgIpc) is 2.31. The van der Waals surface area contributed by atoms with Crippen molar-refractivity contribution in [1.82, 2.24) is 9.80 Å². The lowest BCUT2D eigenvalue weighted by Crippen LogP contribution is -2.56. The van der Waals surface area contributed by atoms with E-state index in [1.165, 1.54) is 38.6 Å². The fraction of sp³-hybridized carbons (Fsp3) is 1.00. The molecule has 1 N–H and O–H groups in total. The standard InChI is InChI=1S/C12H24N2O/c1-13-7-8-14(9-12(13)10-15)11-5-3-2-4-6-11/h11-12,15H,2-10H2,1H3. The molecule has 0 radical (unpaired) electrons. The Morgan fingerprint density at radius 1 is 1.13 bits per heavy atom. The molecule has 3 nitrogen and oxygen atoms in total. The average molecular weight is 212 g/mol. The van der Waals surface area contributed by atoms with Crippen molar-refractivity contribution in [3.63, 3.8) is 0 Å². The van der Waals surface area contributed by atoms with Crippen LogP contribution in [0, 0.1) is 0 Å². The molecule has 0 aromatic rings. The van der Waals surface area contributed by atoms with Gasteiger partial charge in [0.2, 0.25) is 0 Å². The molecule has 0 amide bonds. The Labute approximate surface area is 93.1 Å². The minimum Gasteiger partial charge on any atom is -0.395 e. The van der Waals surface area contributed by atoms with Gasteiger partial charge in [0.25, 0.3) is 0 Å². The zero-order valence-corrected chi connectivity index (χ0v) is 9.86. The number of aliphatic hydroxyl groups is 1. The van der Waals surface area contributed by atoms with E-state index in [0.717, 1.165) is 19.1 Å². The monoisotopic (exact) mass is 212 g/mol. The molecular formula is C12H24N2O. The Kier molecular flexibility index (Phi) is 4.00. The van der Waals surface area contributed by atoms with Crippen LogP contribution in [-0.4, -0.2) is 60.3 Å². The molecule has 1 heterocycles. The van der Waals surface area contributed by atoms with E-state index in [-0.39, 0.29) is 0 Å². The first-order chi connectivity index (χ1) is 7.31. The maximum Gasteiger partial charge on any atom is 0.0599 e. The number of nitrogens with zero attached hydrogens (tertiary/aromatic N) is 2. The molecule has 15 heavy (non-hydrogen) atoms. The van der Waals surface area contributed by atoms with Crippen LogP contribution in [0.1, 0.15) is 32.1 Å². The molecule has 2 rings (SSSR count). The summed E-state index contributed by atoms with van der Waals surface area (Å²) in [6, 6.07) is 1.17. The molecule has 3 heteroatoms. The van der Waals surface area contributed by atoms with Gasteiger partial charge < -0.3 is 5.11 Å². The smallest absolute Gasteiger partial charge is 0.0599 e. The second-order valence-corrected chi connectivity index (χ2v) is 5.10. The summed E-state index contributed by atoms with van der Waals surface area (Å²) >= 11 is 0. The van der Waals surface area contributed by atoms with Gasteiger partial charge in [0.15, 0.2) is 0 Å². The Balaban J connectivity index is 1.87. The predicted molar refractivity (Wildman–Crippen MR) is 61.9 cm³/mol. The van der Waals surface area contributed by atoms with E-state index >= 15 is 0 Å². The number of rotatable bonds is 2. The zero-order chi connectivity index (χ0) is 10.7. The molecule has 1 saturated carbocycles. The second kappa shape index (κ2) is 5.28. The van der Waals surface area contributed by atoms with Crippen molar-refractivity contribution in [1.29, 1.82) is 0 Å². The lowest BCUT2D eigenvalue weighted by atomic mass is 9.93. The van der Waals surface area contributed by atoms with Gasteiger partial charge in [0.1, 0.15) is 0 Å². The molecule has 0 spiro atoms. The molecule has 2 aliphatic rings. The molecule has 88 valence electrons. The van der Waals surface area contributed by atoms with E-state index in [1.54, 1.807) is 0 Å². The molecule has 0 aromatic carbocycles. The minimum atomic E-state index is 0.305. The summed E-state index contributed by atoms with van der Waals surface area (Å²) in [6.07, 6.45) is 6.99. The van der Waals surface area contributed by atoms with Crippen LogP contribution in [0.3, 0.4) is 0 Å². The molecule has 1 atom stereocenters. The topological polar surface area (TPSA) is 26.7 Å². The first-order valence-electron chi connectivity index (χ1n) is 6.36. The van der Waals surface area contributed by atoms with Crippen molar-refractivity contribution in [2.75, 3.05) is 33.3 Å². The summed E-state index contributed by atoms with van der Waals surface area (Å²) in [7, 11) is 2.12. The van der Waals surface area contributed by atoms with E-state index in [4.69, 9.17) is 0 Å². The Morgan fingerprint density at radius 2 is 1.87 bits per heavy atom. The largest absolute Gasteiger partial charge is 0.395 e. The zero-order valence-electron chi connectivity index (χ0n) is 9.86. The molecule has 1 aliphatic heterocycles. The van der Waals surface area contributed by atoms with Crippen molar-refractivity contribution in [2.45, 2.75) is 44.2 Å². The van der Waals surface area contributed by atoms with Crippen LogP contribution in [0.25, 0.3) is 0 Å². The fourth-order valence-corrected chi connectivity index (χ4v) is 2.95. The van der Waals surface area contributed by atoms with Gasteiger partial charge in [-0.3, -0.25) is 9.80 Å². The Morgan fingerprint density at radius 3 is 2.53 bits per heavy atom. The first-order valence-corrected chi connectivity index (χ1v) is 6.36. The summed E-state index contributed by atoms with van der Waals surface area (Å²) in [5, 5.41) is 9.31. The van der Waals surface area contributed by atoms with Gasteiger partial charge in [0.05, 0.1) is 6.61 Å². The summed E-state index contributed by atoms with van der Waals surface area (Å²) < 4.78 is 0. The second-order valence-electron chi connectivity index (χ2n) is 5.10. The van der Waals surface area contributed by atoms with Crippen molar-refractivity contribution >= 4 is 0 Å². The fourth-order valence-electron chi connectivity index (χ4n) is 2.95. The molecule has 0 aromatic heterocycles. The maximum absolute atomic E-state index is 9.31. The van der Waals surface area contributed by atoms with Crippen LogP contribution in [0.5, 0.6) is 0 Å². The van der Waals surface area contributed by atoms with E-state index in [2.05, 4.69) is 16.8 Å². The summed E-state index contributed by atoms with van der Waals surface area (Å²) in [6.45, 7) is 3.68. The van der Waals surface area contributed by atoms with E-state index in [1.807, 2.05) is 0 Å². The van der Waals surface area contributed by atoms with Gasteiger partial charge in [0, 0.05) is 31.7 Å². The highest BCUT2D eigenvalue weighted by Gasteiger charge is 2.28.